The van der Waals surface area contributed by atoms with Crippen LogP contribution in [0, 0.1) is 11.5 Å². The second-order valence-electron chi connectivity index (χ2n) is 8.11. The molecule has 23 heavy (non-hydrogen) atoms. The van der Waals surface area contributed by atoms with Crippen molar-refractivity contribution in [2.24, 2.45) is 0 Å². The predicted octanol–water partition coefficient (Wildman–Crippen LogP) is 6.71. The van der Waals surface area contributed by atoms with Crippen molar-refractivity contribution in [3.8, 4) is 11.5 Å². The second kappa shape index (κ2) is 12.1. The van der Waals surface area contributed by atoms with Gasteiger partial charge in [-0.25, -0.2) is 0 Å². The summed E-state index contributed by atoms with van der Waals surface area (Å²) in [5.74, 6) is 3.39. The highest BCUT2D eigenvalue weighted by molar-refractivity contribution is 6.90. The molecule has 0 bridgehead atoms. The van der Waals surface area contributed by atoms with Gasteiger partial charge in [0.1, 0.15) is 8.07 Å². The Balaban J connectivity index is 4.39. The SMILES string of the molecule is CCCCCCCCC(O)CC#C[Si](C(C)C)(C(C)C)C(C)C. The first kappa shape index (κ1) is 22.7. The quantitative estimate of drug-likeness (QED) is 0.252. The van der Waals surface area contributed by atoms with Crippen molar-refractivity contribution in [2.45, 2.75) is 123 Å². The molecule has 0 aliphatic heterocycles. The van der Waals surface area contributed by atoms with Crippen LogP contribution in [0.1, 0.15) is 99.8 Å². The lowest BCUT2D eigenvalue weighted by Gasteiger charge is -2.38. The third-order valence-electron chi connectivity index (χ3n) is 5.40. The maximum atomic E-state index is 10.2. The molecule has 136 valence electrons. The number of aliphatic hydroxyl groups is 1. The first-order valence-electron chi connectivity index (χ1n) is 9.97. The molecule has 0 radical (unpaired) electrons. The van der Waals surface area contributed by atoms with Crippen LogP contribution in [0.25, 0.3) is 0 Å². The van der Waals surface area contributed by atoms with E-state index in [0.29, 0.717) is 23.0 Å². The van der Waals surface area contributed by atoms with E-state index in [2.05, 4.69) is 59.9 Å². The fourth-order valence-corrected chi connectivity index (χ4v) is 9.29. The predicted molar refractivity (Wildman–Crippen MR) is 107 cm³/mol. The molecule has 0 fully saturated rings. The van der Waals surface area contributed by atoms with Crippen molar-refractivity contribution < 1.29 is 5.11 Å². The Kier molecular flexibility index (Phi) is 12.0. The van der Waals surface area contributed by atoms with Gasteiger partial charge in [-0.15, -0.1) is 11.5 Å². The van der Waals surface area contributed by atoms with Crippen molar-refractivity contribution in [1.29, 1.82) is 0 Å². The first-order chi connectivity index (χ1) is 10.8. The van der Waals surface area contributed by atoms with E-state index < -0.39 is 8.07 Å². The molecule has 0 aliphatic rings. The van der Waals surface area contributed by atoms with Crippen molar-refractivity contribution in [3.63, 3.8) is 0 Å². The standard InChI is InChI=1S/C21H42OSi/c1-8-9-10-11-12-13-15-21(22)16-14-17-23(18(2)3,19(4)5)20(6)7/h18-22H,8-13,15-16H2,1-7H3. The average Bonchev–Trinajstić information content (AvgIpc) is 2.46. The molecule has 0 rings (SSSR count). The zero-order chi connectivity index (χ0) is 17.9. The maximum absolute atomic E-state index is 10.2. The van der Waals surface area contributed by atoms with Crippen molar-refractivity contribution in [3.05, 3.63) is 0 Å². The maximum Gasteiger partial charge on any atom is 0.145 e. The van der Waals surface area contributed by atoms with Crippen LogP contribution in [-0.4, -0.2) is 19.3 Å². The molecule has 0 aromatic heterocycles. The highest BCUT2D eigenvalue weighted by Crippen LogP contribution is 2.40. The van der Waals surface area contributed by atoms with E-state index in [4.69, 9.17) is 0 Å². The molecule has 0 aliphatic carbocycles. The molecule has 0 spiro atoms. The highest BCUT2D eigenvalue weighted by Gasteiger charge is 2.41. The van der Waals surface area contributed by atoms with E-state index in [1.165, 1.54) is 32.1 Å². The molecular weight excluding hydrogens is 296 g/mol. The summed E-state index contributed by atoms with van der Waals surface area (Å²) in [6.07, 6.45) is 9.06. The summed E-state index contributed by atoms with van der Waals surface area (Å²) >= 11 is 0. The molecule has 0 heterocycles. The second-order valence-corrected chi connectivity index (χ2v) is 13.7. The Bertz CT molecular complexity index is 327. The van der Waals surface area contributed by atoms with E-state index in [9.17, 15) is 5.11 Å². The molecule has 0 aromatic rings. The minimum absolute atomic E-state index is 0.230. The molecule has 1 nitrogen and oxygen atoms in total. The smallest absolute Gasteiger partial charge is 0.145 e. The topological polar surface area (TPSA) is 20.2 Å². The number of hydrogen-bond acceptors (Lipinski definition) is 1. The minimum Gasteiger partial charge on any atom is -0.392 e. The highest BCUT2D eigenvalue weighted by atomic mass is 28.3. The van der Waals surface area contributed by atoms with E-state index in [1.807, 2.05) is 0 Å². The fraction of sp³-hybridized carbons (Fsp3) is 0.905. The molecule has 1 unspecified atom stereocenters. The summed E-state index contributed by atoms with van der Waals surface area (Å²) in [7, 11) is -1.62. The first-order valence-corrected chi connectivity index (χ1v) is 12.2. The lowest BCUT2D eigenvalue weighted by Crippen LogP contribution is -2.43. The largest absolute Gasteiger partial charge is 0.392 e. The fourth-order valence-electron chi connectivity index (χ4n) is 4.02. The van der Waals surface area contributed by atoms with Crippen LogP contribution in [0.3, 0.4) is 0 Å². The van der Waals surface area contributed by atoms with E-state index >= 15 is 0 Å². The summed E-state index contributed by atoms with van der Waals surface area (Å²) < 4.78 is 0. The molecule has 1 N–H and O–H groups in total. The molecule has 0 amide bonds. The van der Waals surface area contributed by atoms with Gasteiger partial charge in [0.05, 0.1) is 6.10 Å². The number of rotatable bonds is 11. The lowest BCUT2D eigenvalue weighted by atomic mass is 10.1. The minimum atomic E-state index is -1.62. The van der Waals surface area contributed by atoms with E-state index in [-0.39, 0.29) is 6.10 Å². The Morgan fingerprint density at radius 2 is 1.26 bits per heavy atom. The Hall–Kier alpha value is -0.263. The number of unbranched alkanes of at least 4 members (excludes halogenated alkanes) is 5. The van der Waals surface area contributed by atoms with Crippen LogP contribution in [0.5, 0.6) is 0 Å². The Labute approximate surface area is 147 Å². The van der Waals surface area contributed by atoms with Gasteiger partial charge < -0.3 is 5.11 Å². The summed E-state index contributed by atoms with van der Waals surface area (Å²) in [4.78, 5) is 0. The van der Waals surface area contributed by atoms with Crippen LogP contribution in [-0.2, 0) is 0 Å². The summed E-state index contributed by atoms with van der Waals surface area (Å²) in [5, 5.41) is 10.2. The third-order valence-corrected chi connectivity index (χ3v) is 11.7. The van der Waals surface area contributed by atoms with Gasteiger partial charge in [0.2, 0.25) is 0 Å². The van der Waals surface area contributed by atoms with Gasteiger partial charge in [-0.2, -0.15) is 0 Å². The van der Waals surface area contributed by atoms with Gasteiger partial charge in [-0.1, -0.05) is 87.0 Å². The van der Waals surface area contributed by atoms with Gasteiger partial charge >= 0.3 is 0 Å². The van der Waals surface area contributed by atoms with Crippen molar-refractivity contribution in [1.82, 2.24) is 0 Å². The molecule has 2 heteroatoms. The molecule has 1 atom stereocenters. The summed E-state index contributed by atoms with van der Waals surface area (Å²) in [6.45, 7) is 16.3. The molecule has 0 saturated carbocycles. The van der Waals surface area contributed by atoms with Gasteiger partial charge in [-0.3, -0.25) is 0 Å². The van der Waals surface area contributed by atoms with Gasteiger partial charge in [0.25, 0.3) is 0 Å². The molecule has 0 aromatic carbocycles. The van der Waals surface area contributed by atoms with Crippen molar-refractivity contribution in [2.75, 3.05) is 0 Å². The normalized spacial score (nSPS) is 13.5. The van der Waals surface area contributed by atoms with Crippen LogP contribution in [0.15, 0.2) is 0 Å². The van der Waals surface area contributed by atoms with Crippen LogP contribution in [0.2, 0.25) is 16.6 Å². The zero-order valence-electron chi connectivity index (χ0n) is 16.9. The molecule has 0 saturated heterocycles. The van der Waals surface area contributed by atoms with Crippen LogP contribution >= 0.6 is 0 Å². The third kappa shape index (κ3) is 7.90. The summed E-state index contributed by atoms with van der Waals surface area (Å²) in [5.41, 5.74) is 5.73. The lowest BCUT2D eigenvalue weighted by molar-refractivity contribution is 0.166. The summed E-state index contributed by atoms with van der Waals surface area (Å²) in [6, 6.07) is 0. The van der Waals surface area contributed by atoms with Crippen molar-refractivity contribution >= 4 is 8.07 Å². The Morgan fingerprint density at radius 3 is 1.74 bits per heavy atom. The van der Waals surface area contributed by atoms with Gasteiger partial charge in [0, 0.05) is 6.42 Å². The van der Waals surface area contributed by atoms with Crippen LogP contribution in [0.4, 0.5) is 0 Å². The average molecular weight is 339 g/mol. The van der Waals surface area contributed by atoms with Gasteiger partial charge in [0.15, 0.2) is 0 Å². The number of hydrogen-bond donors (Lipinski definition) is 1. The van der Waals surface area contributed by atoms with E-state index in [0.717, 1.165) is 12.8 Å². The number of aliphatic hydroxyl groups excluding tert-OH is 1. The van der Waals surface area contributed by atoms with Gasteiger partial charge in [-0.05, 0) is 23.0 Å². The van der Waals surface area contributed by atoms with E-state index in [1.54, 1.807) is 0 Å². The Morgan fingerprint density at radius 1 is 0.783 bits per heavy atom. The molecular formula is C21H42OSi. The van der Waals surface area contributed by atoms with Crippen LogP contribution < -0.4 is 0 Å². The monoisotopic (exact) mass is 338 g/mol. The zero-order valence-corrected chi connectivity index (χ0v) is 17.9.